The summed E-state index contributed by atoms with van der Waals surface area (Å²) >= 11 is 0. The van der Waals surface area contributed by atoms with E-state index in [-0.39, 0.29) is 6.42 Å². The molecule has 1 N–H and O–H groups in total. The highest BCUT2D eigenvalue weighted by molar-refractivity contribution is 5.67. The van der Waals surface area contributed by atoms with Crippen molar-refractivity contribution in [3.8, 4) is 11.3 Å². The van der Waals surface area contributed by atoms with Crippen LogP contribution in [0.3, 0.4) is 0 Å². The number of aromatic nitrogens is 2. The third-order valence-corrected chi connectivity index (χ3v) is 5.12. The molecule has 1 aromatic carbocycles. The summed E-state index contributed by atoms with van der Waals surface area (Å²) in [4.78, 5) is 13.2. The zero-order valence-corrected chi connectivity index (χ0v) is 16.1. The van der Waals surface area contributed by atoms with E-state index in [2.05, 4.69) is 40.3 Å². The molecule has 4 rings (SSSR count). The molecule has 0 fully saturated rings. The molecule has 2 aromatic heterocycles. The van der Waals surface area contributed by atoms with Crippen LogP contribution >= 0.6 is 0 Å². The Morgan fingerprint density at radius 2 is 2.00 bits per heavy atom. The van der Waals surface area contributed by atoms with Crippen molar-refractivity contribution < 1.29 is 14.3 Å². The Morgan fingerprint density at radius 3 is 2.71 bits per heavy atom. The predicted molar refractivity (Wildman–Crippen MR) is 106 cm³/mol. The van der Waals surface area contributed by atoms with Crippen molar-refractivity contribution >= 4 is 5.97 Å². The lowest BCUT2D eigenvalue weighted by molar-refractivity contribution is -0.136. The molecule has 0 saturated heterocycles. The van der Waals surface area contributed by atoms with Gasteiger partial charge in [-0.05, 0) is 37.1 Å². The number of aliphatic carboxylic acids is 1. The fraction of sp³-hybridized carbons (Fsp3) is 0.364. The van der Waals surface area contributed by atoms with Crippen molar-refractivity contribution in [2.45, 2.75) is 45.8 Å². The van der Waals surface area contributed by atoms with Crippen molar-refractivity contribution in [3.63, 3.8) is 0 Å². The van der Waals surface area contributed by atoms with E-state index in [9.17, 15) is 4.79 Å². The lowest BCUT2D eigenvalue weighted by Crippen LogP contribution is -2.22. The molecule has 0 bridgehead atoms. The van der Waals surface area contributed by atoms with Gasteiger partial charge in [-0.25, -0.2) is 0 Å². The van der Waals surface area contributed by atoms with Crippen LogP contribution in [0, 0.1) is 6.92 Å². The average molecular weight is 379 g/mol. The number of carbonyl (C=O) groups is 1. The number of carboxylic acid groups (broad SMARTS) is 1. The maximum atomic E-state index is 10.8. The summed E-state index contributed by atoms with van der Waals surface area (Å²) in [6, 6.07) is 14.6. The van der Waals surface area contributed by atoms with Gasteiger partial charge in [-0.3, -0.25) is 14.4 Å². The van der Waals surface area contributed by atoms with Crippen molar-refractivity contribution in [3.05, 3.63) is 65.2 Å². The minimum atomic E-state index is -0.780. The largest absolute Gasteiger partial charge is 0.481 e. The smallest absolute Gasteiger partial charge is 0.303 e. The fourth-order valence-corrected chi connectivity index (χ4v) is 3.70. The second kappa shape index (κ2) is 8.02. The van der Waals surface area contributed by atoms with E-state index in [1.807, 2.05) is 23.7 Å². The summed E-state index contributed by atoms with van der Waals surface area (Å²) in [5.74, 6) is 1.04. The van der Waals surface area contributed by atoms with E-state index < -0.39 is 5.97 Å². The van der Waals surface area contributed by atoms with Crippen molar-refractivity contribution in [2.75, 3.05) is 6.54 Å². The number of aryl methyl sites for hydroxylation is 3. The minimum Gasteiger partial charge on any atom is -0.481 e. The molecule has 1 aliphatic heterocycles. The highest BCUT2D eigenvalue weighted by Crippen LogP contribution is 2.23. The Balaban J connectivity index is 1.41. The fourth-order valence-electron chi connectivity index (χ4n) is 3.70. The monoisotopic (exact) mass is 379 g/mol. The van der Waals surface area contributed by atoms with Crippen LogP contribution in [-0.4, -0.2) is 32.3 Å². The molecule has 0 aliphatic carbocycles. The maximum Gasteiger partial charge on any atom is 0.303 e. The molecule has 0 saturated carbocycles. The molecular weight excluding hydrogens is 354 g/mol. The zero-order chi connectivity index (χ0) is 19.5. The highest BCUT2D eigenvalue weighted by Gasteiger charge is 2.17. The number of carboxylic acids is 1. The summed E-state index contributed by atoms with van der Waals surface area (Å²) < 4.78 is 7.74. The van der Waals surface area contributed by atoms with Gasteiger partial charge in [0.2, 0.25) is 0 Å². The first kappa shape index (κ1) is 18.5. The Bertz CT molecular complexity index is 956. The lowest BCUT2D eigenvalue weighted by Gasteiger charge is -2.19. The SMILES string of the molecule is Cc1ccc(-c2ccc(CN3CCCn4nc(CCC(=O)O)cc4C3)cc2)o1. The molecule has 3 heterocycles. The van der Waals surface area contributed by atoms with E-state index in [4.69, 9.17) is 9.52 Å². The third kappa shape index (κ3) is 4.34. The number of hydrogen-bond acceptors (Lipinski definition) is 4. The standard InChI is InChI=1S/C22H25N3O3/c1-16-3-9-21(28-16)18-6-4-17(5-7-18)14-24-11-2-12-25-20(15-24)13-19(23-25)8-10-22(26)27/h3-7,9,13H,2,8,10-12,14-15H2,1H3,(H,26,27). The van der Waals surface area contributed by atoms with Crippen LogP contribution in [0.2, 0.25) is 0 Å². The first-order chi connectivity index (χ1) is 13.6. The van der Waals surface area contributed by atoms with Gasteiger partial charge in [-0.15, -0.1) is 0 Å². The zero-order valence-electron chi connectivity index (χ0n) is 16.1. The van der Waals surface area contributed by atoms with Crippen LogP contribution in [0.15, 0.2) is 46.9 Å². The summed E-state index contributed by atoms with van der Waals surface area (Å²) in [5.41, 5.74) is 4.40. The van der Waals surface area contributed by atoms with Crippen LogP contribution in [0.4, 0.5) is 0 Å². The van der Waals surface area contributed by atoms with Crippen molar-refractivity contribution in [2.24, 2.45) is 0 Å². The molecule has 0 amide bonds. The van der Waals surface area contributed by atoms with Crippen molar-refractivity contribution in [1.82, 2.24) is 14.7 Å². The lowest BCUT2D eigenvalue weighted by atomic mass is 10.1. The molecule has 28 heavy (non-hydrogen) atoms. The first-order valence-corrected chi connectivity index (χ1v) is 9.72. The number of fused-ring (bicyclic) bond motifs is 1. The average Bonchev–Trinajstić information content (AvgIpc) is 3.22. The number of benzene rings is 1. The molecule has 0 radical (unpaired) electrons. The van der Waals surface area contributed by atoms with Gasteiger partial charge >= 0.3 is 5.97 Å². The Kier molecular flexibility index (Phi) is 5.30. The van der Waals surface area contributed by atoms with E-state index >= 15 is 0 Å². The molecule has 0 unspecified atom stereocenters. The molecule has 0 atom stereocenters. The predicted octanol–water partition coefficient (Wildman–Crippen LogP) is 3.87. The topological polar surface area (TPSA) is 71.5 Å². The molecule has 6 heteroatoms. The van der Waals surface area contributed by atoms with Gasteiger partial charge in [0.1, 0.15) is 11.5 Å². The second-order valence-corrected chi connectivity index (χ2v) is 7.42. The highest BCUT2D eigenvalue weighted by atomic mass is 16.4. The van der Waals surface area contributed by atoms with E-state index in [0.29, 0.717) is 6.42 Å². The van der Waals surface area contributed by atoms with Gasteiger partial charge in [0, 0.05) is 38.2 Å². The van der Waals surface area contributed by atoms with Gasteiger partial charge < -0.3 is 9.52 Å². The molecule has 3 aromatic rings. The molecule has 0 spiro atoms. The third-order valence-electron chi connectivity index (χ3n) is 5.12. The molecule has 1 aliphatic rings. The Morgan fingerprint density at radius 1 is 1.18 bits per heavy atom. The second-order valence-electron chi connectivity index (χ2n) is 7.42. The molecule has 6 nitrogen and oxygen atoms in total. The van der Waals surface area contributed by atoms with E-state index in [1.54, 1.807) is 0 Å². The summed E-state index contributed by atoms with van der Waals surface area (Å²) in [7, 11) is 0. The first-order valence-electron chi connectivity index (χ1n) is 9.72. The van der Waals surface area contributed by atoms with E-state index in [1.165, 1.54) is 11.3 Å². The van der Waals surface area contributed by atoms with E-state index in [0.717, 1.165) is 55.4 Å². The quantitative estimate of drug-likeness (QED) is 0.704. The Hall–Kier alpha value is -2.86. The van der Waals surface area contributed by atoms with Gasteiger partial charge in [0.05, 0.1) is 17.8 Å². The summed E-state index contributed by atoms with van der Waals surface area (Å²) in [6.45, 7) is 5.57. The van der Waals surface area contributed by atoms with Crippen LogP contribution in [-0.2, 0) is 30.8 Å². The number of rotatable bonds is 6. The molecular formula is C22H25N3O3. The molecule has 146 valence electrons. The Labute approximate surface area is 164 Å². The van der Waals surface area contributed by atoms with Crippen LogP contribution in [0.1, 0.15) is 35.6 Å². The van der Waals surface area contributed by atoms with Crippen molar-refractivity contribution in [1.29, 1.82) is 0 Å². The van der Waals surface area contributed by atoms with Crippen LogP contribution in [0.5, 0.6) is 0 Å². The number of hydrogen-bond donors (Lipinski definition) is 1. The number of nitrogens with zero attached hydrogens (tertiary/aromatic N) is 3. The van der Waals surface area contributed by atoms with Gasteiger partial charge in [0.15, 0.2) is 0 Å². The van der Waals surface area contributed by atoms with Crippen LogP contribution in [0.25, 0.3) is 11.3 Å². The minimum absolute atomic E-state index is 0.127. The van der Waals surface area contributed by atoms with Gasteiger partial charge in [-0.1, -0.05) is 24.3 Å². The maximum absolute atomic E-state index is 10.8. The van der Waals surface area contributed by atoms with Gasteiger partial charge in [0.25, 0.3) is 0 Å². The number of furan rings is 1. The van der Waals surface area contributed by atoms with Gasteiger partial charge in [-0.2, -0.15) is 5.10 Å². The summed E-state index contributed by atoms with van der Waals surface area (Å²) in [5, 5.41) is 13.5. The normalized spacial score (nSPS) is 14.6. The summed E-state index contributed by atoms with van der Waals surface area (Å²) in [6.07, 6.45) is 1.65. The van der Waals surface area contributed by atoms with Crippen LogP contribution < -0.4 is 0 Å².